The molecule has 0 spiro atoms. The lowest BCUT2D eigenvalue weighted by Gasteiger charge is -2.13. The van der Waals surface area contributed by atoms with Crippen molar-refractivity contribution in [3.8, 4) is 0 Å². The van der Waals surface area contributed by atoms with Gasteiger partial charge in [-0.2, -0.15) is 0 Å². The Morgan fingerprint density at radius 3 is 2.56 bits per heavy atom. The second-order valence-electron chi connectivity index (χ2n) is 5.68. The van der Waals surface area contributed by atoms with Crippen molar-refractivity contribution in [1.82, 2.24) is 4.98 Å². The number of benzene rings is 1. The fourth-order valence-electron chi connectivity index (χ4n) is 2.69. The SMILES string of the molecule is CCCC(C)CCC(C)c1cc2ccccc2[nH]1. The van der Waals surface area contributed by atoms with Gasteiger partial charge < -0.3 is 4.98 Å². The normalized spacial score (nSPS) is 14.8. The summed E-state index contributed by atoms with van der Waals surface area (Å²) < 4.78 is 0. The Balaban J connectivity index is 1.98. The van der Waals surface area contributed by atoms with Crippen molar-refractivity contribution in [2.45, 2.75) is 52.4 Å². The Kier molecular flexibility index (Phi) is 4.46. The molecule has 0 bridgehead atoms. The van der Waals surface area contributed by atoms with Gasteiger partial charge in [-0.3, -0.25) is 0 Å². The van der Waals surface area contributed by atoms with Gasteiger partial charge >= 0.3 is 0 Å². The van der Waals surface area contributed by atoms with Crippen LogP contribution in [0.4, 0.5) is 0 Å². The van der Waals surface area contributed by atoms with Crippen LogP contribution >= 0.6 is 0 Å². The van der Waals surface area contributed by atoms with E-state index in [1.165, 1.54) is 42.3 Å². The largest absolute Gasteiger partial charge is 0.358 e. The molecule has 1 aromatic heterocycles. The molecule has 0 saturated carbocycles. The second-order valence-corrected chi connectivity index (χ2v) is 5.68. The zero-order chi connectivity index (χ0) is 13.0. The first-order valence-electron chi connectivity index (χ1n) is 7.28. The molecule has 1 aromatic carbocycles. The van der Waals surface area contributed by atoms with E-state index in [2.05, 4.69) is 56.1 Å². The Hall–Kier alpha value is -1.24. The average Bonchev–Trinajstić information content (AvgIpc) is 2.80. The number of hydrogen-bond acceptors (Lipinski definition) is 0. The summed E-state index contributed by atoms with van der Waals surface area (Å²) in [4.78, 5) is 3.55. The molecule has 0 saturated heterocycles. The lowest BCUT2D eigenvalue weighted by molar-refractivity contribution is 0.447. The predicted octanol–water partition coefficient (Wildman–Crippen LogP) is 5.49. The van der Waals surface area contributed by atoms with E-state index >= 15 is 0 Å². The van der Waals surface area contributed by atoms with Crippen LogP contribution in [0.25, 0.3) is 10.9 Å². The number of aromatic amines is 1. The van der Waals surface area contributed by atoms with Gasteiger partial charge in [0.1, 0.15) is 0 Å². The van der Waals surface area contributed by atoms with E-state index in [-0.39, 0.29) is 0 Å². The molecule has 18 heavy (non-hydrogen) atoms. The topological polar surface area (TPSA) is 15.8 Å². The van der Waals surface area contributed by atoms with Crippen LogP contribution in [0.2, 0.25) is 0 Å². The van der Waals surface area contributed by atoms with Gasteiger partial charge in [-0.25, -0.2) is 0 Å². The molecule has 1 nitrogen and oxygen atoms in total. The number of H-pyrrole nitrogens is 1. The summed E-state index contributed by atoms with van der Waals surface area (Å²) in [6.45, 7) is 6.99. The van der Waals surface area contributed by atoms with Crippen molar-refractivity contribution in [3.63, 3.8) is 0 Å². The first-order chi connectivity index (χ1) is 8.70. The molecule has 98 valence electrons. The standard InChI is InChI=1S/C17H25N/c1-4-7-13(2)10-11-14(3)17-12-15-8-5-6-9-16(15)18-17/h5-6,8-9,12-14,18H,4,7,10-11H2,1-3H3. The fraction of sp³-hybridized carbons (Fsp3) is 0.529. The Labute approximate surface area is 111 Å². The molecule has 2 unspecified atom stereocenters. The number of para-hydroxylation sites is 1. The second kappa shape index (κ2) is 6.08. The Morgan fingerprint density at radius 1 is 1.06 bits per heavy atom. The fourth-order valence-corrected chi connectivity index (χ4v) is 2.69. The monoisotopic (exact) mass is 243 g/mol. The predicted molar refractivity (Wildman–Crippen MR) is 80.0 cm³/mol. The van der Waals surface area contributed by atoms with Crippen molar-refractivity contribution in [2.75, 3.05) is 0 Å². The van der Waals surface area contributed by atoms with Crippen LogP contribution in [0.3, 0.4) is 0 Å². The highest BCUT2D eigenvalue weighted by molar-refractivity contribution is 5.80. The maximum absolute atomic E-state index is 3.55. The van der Waals surface area contributed by atoms with Crippen molar-refractivity contribution in [1.29, 1.82) is 0 Å². The van der Waals surface area contributed by atoms with Gasteiger partial charge in [-0.1, -0.05) is 58.2 Å². The summed E-state index contributed by atoms with van der Waals surface area (Å²) in [7, 11) is 0. The lowest BCUT2D eigenvalue weighted by atomic mass is 9.93. The summed E-state index contributed by atoms with van der Waals surface area (Å²) in [6, 6.07) is 10.8. The molecule has 2 aromatic rings. The van der Waals surface area contributed by atoms with Crippen molar-refractivity contribution in [2.24, 2.45) is 5.92 Å². The van der Waals surface area contributed by atoms with Gasteiger partial charge in [0.15, 0.2) is 0 Å². The van der Waals surface area contributed by atoms with Crippen LogP contribution in [-0.2, 0) is 0 Å². The molecule has 2 rings (SSSR count). The van der Waals surface area contributed by atoms with E-state index < -0.39 is 0 Å². The average molecular weight is 243 g/mol. The third-order valence-electron chi connectivity index (χ3n) is 3.96. The minimum Gasteiger partial charge on any atom is -0.358 e. The van der Waals surface area contributed by atoms with Gasteiger partial charge in [-0.15, -0.1) is 0 Å². The van der Waals surface area contributed by atoms with Crippen LogP contribution in [0.15, 0.2) is 30.3 Å². The van der Waals surface area contributed by atoms with Gasteiger partial charge in [0.2, 0.25) is 0 Å². The van der Waals surface area contributed by atoms with Crippen LogP contribution in [0.5, 0.6) is 0 Å². The minimum absolute atomic E-state index is 0.636. The number of aromatic nitrogens is 1. The summed E-state index contributed by atoms with van der Waals surface area (Å²) in [5.41, 5.74) is 2.65. The molecule has 1 N–H and O–H groups in total. The molecule has 0 aliphatic heterocycles. The third-order valence-corrected chi connectivity index (χ3v) is 3.96. The van der Waals surface area contributed by atoms with E-state index in [1.54, 1.807) is 0 Å². The van der Waals surface area contributed by atoms with Crippen molar-refractivity contribution >= 4 is 10.9 Å². The molecule has 1 heteroatoms. The Morgan fingerprint density at radius 2 is 1.83 bits per heavy atom. The molecule has 0 aliphatic rings. The molecular weight excluding hydrogens is 218 g/mol. The van der Waals surface area contributed by atoms with E-state index in [9.17, 15) is 0 Å². The first kappa shape index (κ1) is 13.2. The first-order valence-corrected chi connectivity index (χ1v) is 7.28. The highest BCUT2D eigenvalue weighted by Gasteiger charge is 2.10. The molecule has 1 heterocycles. The highest BCUT2D eigenvalue weighted by atomic mass is 14.7. The maximum Gasteiger partial charge on any atom is 0.0456 e. The van der Waals surface area contributed by atoms with E-state index in [0.29, 0.717) is 5.92 Å². The van der Waals surface area contributed by atoms with Gasteiger partial charge in [0.05, 0.1) is 0 Å². The highest BCUT2D eigenvalue weighted by Crippen LogP contribution is 2.26. The van der Waals surface area contributed by atoms with Crippen LogP contribution in [-0.4, -0.2) is 4.98 Å². The van der Waals surface area contributed by atoms with Gasteiger partial charge in [-0.05, 0) is 35.8 Å². The summed E-state index contributed by atoms with van der Waals surface area (Å²) >= 11 is 0. The molecule has 0 aliphatic carbocycles. The number of nitrogens with one attached hydrogen (secondary N) is 1. The zero-order valence-electron chi connectivity index (χ0n) is 11.9. The van der Waals surface area contributed by atoms with E-state index in [0.717, 1.165) is 5.92 Å². The maximum atomic E-state index is 3.55. The lowest BCUT2D eigenvalue weighted by Crippen LogP contribution is -1.99. The van der Waals surface area contributed by atoms with Crippen LogP contribution in [0.1, 0.15) is 58.1 Å². The van der Waals surface area contributed by atoms with Crippen LogP contribution < -0.4 is 0 Å². The van der Waals surface area contributed by atoms with Gasteiger partial charge in [0.25, 0.3) is 0 Å². The van der Waals surface area contributed by atoms with E-state index in [4.69, 9.17) is 0 Å². The zero-order valence-corrected chi connectivity index (χ0v) is 11.9. The van der Waals surface area contributed by atoms with Gasteiger partial charge in [0, 0.05) is 11.2 Å². The van der Waals surface area contributed by atoms with Crippen LogP contribution in [0, 0.1) is 5.92 Å². The number of hydrogen-bond donors (Lipinski definition) is 1. The quantitative estimate of drug-likeness (QED) is 0.690. The summed E-state index contributed by atoms with van der Waals surface area (Å²) in [5.74, 6) is 1.50. The molecule has 0 amide bonds. The van der Waals surface area contributed by atoms with E-state index in [1.807, 2.05) is 0 Å². The number of rotatable bonds is 6. The molecular formula is C17H25N. The van der Waals surface area contributed by atoms with Crippen molar-refractivity contribution < 1.29 is 0 Å². The molecule has 2 atom stereocenters. The summed E-state index contributed by atoms with van der Waals surface area (Å²) in [6.07, 6.45) is 5.29. The smallest absolute Gasteiger partial charge is 0.0456 e. The third kappa shape index (κ3) is 3.16. The Bertz CT molecular complexity index is 450. The summed E-state index contributed by atoms with van der Waals surface area (Å²) in [5, 5.41) is 1.33. The minimum atomic E-state index is 0.636. The number of fused-ring (bicyclic) bond motifs is 1. The molecule has 0 fully saturated rings. The molecule has 0 radical (unpaired) electrons. The van der Waals surface area contributed by atoms with Crippen molar-refractivity contribution in [3.05, 3.63) is 36.0 Å².